The molecule has 3 aliphatic rings. The third-order valence-corrected chi connectivity index (χ3v) is 9.11. The third-order valence-electron chi connectivity index (χ3n) is 8.04. The van der Waals surface area contributed by atoms with Crippen LogP contribution in [0.2, 0.25) is 0 Å². The molecule has 2 aromatic rings. The number of allylic oxidation sites excluding steroid dienone is 2. The molecule has 10 heteroatoms. The molecule has 1 aromatic carbocycles. The van der Waals surface area contributed by atoms with Gasteiger partial charge in [-0.2, -0.15) is 0 Å². The number of aliphatic hydroxyl groups is 1. The molecule has 5 rings (SSSR count). The number of nitrogens with zero attached hydrogens (tertiary/aromatic N) is 3. The molecule has 2 N–H and O–H groups in total. The average molecular weight is 577 g/mol. The van der Waals surface area contributed by atoms with Crippen LogP contribution in [-0.4, -0.2) is 76.0 Å². The van der Waals surface area contributed by atoms with E-state index in [4.69, 9.17) is 4.74 Å². The fourth-order valence-corrected chi connectivity index (χ4v) is 6.80. The number of thiazole rings is 1. The number of hydrogen-bond donors (Lipinski definition) is 2. The Kier molecular flexibility index (Phi) is 8.42. The van der Waals surface area contributed by atoms with E-state index in [-0.39, 0.29) is 37.2 Å². The van der Waals surface area contributed by atoms with Crippen LogP contribution in [-0.2, 0) is 16.1 Å². The fraction of sp³-hybridized carbons (Fsp3) is 0.419. The summed E-state index contributed by atoms with van der Waals surface area (Å²) < 4.78 is 5.27. The second-order valence-electron chi connectivity index (χ2n) is 11.0. The van der Waals surface area contributed by atoms with Crippen LogP contribution in [0.15, 0.2) is 59.7 Å². The Balaban J connectivity index is 1.21. The van der Waals surface area contributed by atoms with Gasteiger partial charge in [-0.05, 0) is 55.5 Å². The first kappa shape index (κ1) is 28.8. The molecule has 3 unspecified atom stereocenters. The van der Waals surface area contributed by atoms with Gasteiger partial charge in [-0.25, -0.2) is 4.98 Å². The third kappa shape index (κ3) is 5.99. The summed E-state index contributed by atoms with van der Waals surface area (Å²) in [6, 6.07) is 3.93. The summed E-state index contributed by atoms with van der Waals surface area (Å²) in [5.41, 5.74) is 5.79. The maximum atomic E-state index is 13.9. The van der Waals surface area contributed by atoms with Crippen molar-refractivity contribution in [2.45, 2.75) is 63.8 Å². The summed E-state index contributed by atoms with van der Waals surface area (Å²) in [6.45, 7) is 8.53. The molecule has 1 aliphatic carbocycles. The Hall–Kier alpha value is -3.76. The first-order valence-corrected chi connectivity index (χ1v) is 14.7. The van der Waals surface area contributed by atoms with Crippen molar-refractivity contribution in [2.24, 2.45) is 0 Å². The maximum Gasteiger partial charge on any atom is 0.255 e. The number of aliphatic hydroxyl groups excluding tert-OH is 1. The minimum Gasteiger partial charge on any atom is -0.497 e. The van der Waals surface area contributed by atoms with Gasteiger partial charge in [-0.1, -0.05) is 30.9 Å². The number of amides is 3. The number of benzene rings is 1. The second-order valence-corrected chi connectivity index (χ2v) is 11.9. The fourth-order valence-electron chi connectivity index (χ4n) is 5.90. The van der Waals surface area contributed by atoms with E-state index in [1.54, 1.807) is 35.3 Å². The Morgan fingerprint density at radius 1 is 1.34 bits per heavy atom. The number of methoxy groups -OCH3 is 1. The number of nitrogens with one attached hydrogen (secondary N) is 1. The molecule has 0 saturated carbocycles. The molecular weight excluding hydrogens is 540 g/mol. The van der Waals surface area contributed by atoms with Crippen LogP contribution in [0.25, 0.3) is 0 Å². The molecule has 0 spiro atoms. The number of fused-ring (bicyclic) bond motifs is 1. The maximum absolute atomic E-state index is 13.9. The van der Waals surface area contributed by atoms with Crippen LogP contribution >= 0.6 is 11.3 Å². The number of aromatic nitrogens is 1. The van der Waals surface area contributed by atoms with Crippen molar-refractivity contribution in [3.05, 3.63) is 81.4 Å². The number of aryl methyl sites for hydroxylation is 1. The highest BCUT2D eigenvalue weighted by atomic mass is 32.1. The molecular formula is C31H36N4O5S. The minimum absolute atomic E-state index is 0.0662. The molecule has 1 fully saturated rings. The van der Waals surface area contributed by atoms with Gasteiger partial charge in [0.1, 0.15) is 11.8 Å². The largest absolute Gasteiger partial charge is 0.497 e. The van der Waals surface area contributed by atoms with Crippen molar-refractivity contribution >= 4 is 29.1 Å². The minimum atomic E-state index is -0.899. The van der Waals surface area contributed by atoms with Gasteiger partial charge < -0.3 is 25.0 Å². The lowest BCUT2D eigenvalue weighted by Crippen LogP contribution is -2.51. The highest BCUT2D eigenvalue weighted by Gasteiger charge is 2.43. The molecule has 1 aromatic heterocycles. The van der Waals surface area contributed by atoms with Crippen LogP contribution < -0.4 is 10.1 Å². The van der Waals surface area contributed by atoms with Crippen LogP contribution in [0.5, 0.6) is 5.75 Å². The summed E-state index contributed by atoms with van der Waals surface area (Å²) in [5, 5.41) is 13.4. The van der Waals surface area contributed by atoms with E-state index < -0.39 is 18.2 Å². The smallest absolute Gasteiger partial charge is 0.255 e. The highest BCUT2D eigenvalue weighted by molar-refractivity contribution is 7.09. The summed E-state index contributed by atoms with van der Waals surface area (Å²) in [6.07, 6.45) is 6.81. The predicted octanol–water partition coefficient (Wildman–Crippen LogP) is 3.50. The Bertz CT molecular complexity index is 1430. The van der Waals surface area contributed by atoms with E-state index in [1.165, 1.54) is 16.9 Å². The number of hydrogen-bond acceptors (Lipinski definition) is 7. The molecule has 41 heavy (non-hydrogen) atoms. The summed E-state index contributed by atoms with van der Waals surface area (Å²) in [5.74, 6) is 0.0820. The molecule has 3 heterocycles. The SMILES string of the molecule is C=C(C)C(C(=O)N1C[C@H](O)CC1CC(=O)NCC1=CCC(c2scnc2C)C=C1)N1Cc2ccc(OC)cc2C1=O. The second kappa shape index (κ2) is 12.0. The van der Waals surface area contributed by atoms with Crippen molar-refractivity contribution in [1.29, 1.82) is 0 Å². The van der Waals surface area contributed by atoms with E-state index in [9.17, 15) is 19.5 Å². The van der Waals surface area contributed by atoms with Crippen LogP contribution in [0.3, 0.4) is 0 Å². The Morgan fingerprint density at radius 3 is 2.80 bits per heavy atom. The van der Waals surface area contributed by atoms with Crippen molar-refractivity contribution < 1.29 is 24.2 Å². The predicted molar refractivity (Wildman–Crippen MR) is 157 cm³/mol. The van der Waals surface area contributed by atoms with E-state index in [2.05, 4.69) is 29.0 Å². The van der Waals surface area contributed by atoms with Gasteiger partial charge in [0.25, 0.3) is 5.91 Å². The number of likely N-dealkylation sites (tertiary alicyclic amines) is 1. The molecule has 9 nitrogen and oxygen atoms in total. The van der Waals surface area contributed by atoms with Crippen molar-refractivity contribution in [1.82, 2.24) is 20.1 Å². The van der Waals surface area contributed by atoms with Crippen LogP contribution in [0.1, 0.15) is 58.6 Å². The monoisotopic (exact) mass is 576 g/mol. The average Bonchev–Trinajstić information content (AvgIpc) is 3.64. The zero-order valence-electron chi connectivity index (χ0n) is 23.6. The summed E-state index contributed by atoms with van der Waals surface area (Å²) in [7, 11) is 1.54. The number of ether oxygens (including phenoxy) is 1. The highest BCUT2D eigenvalue weighted by Crippen LogP contribution is 2.33. The normalized spacial score (nSPS) is 22.4. The molecule has 216 valence electrons. The number of carbonyl (C=O) groups is 3. The van der Waals surface area contributed by atoms with E-state index in [0.29, 0.717) is 35.8 Å². The molecule has 0 bridgehead atoms. The van der Waals surface area contributed by atoms with Crippen LogP contribution in [0.4, 0.5) is 0 Å². The Morgan fingerprint density at radius 2 is 2.15 bits per heavy atom. The topological polar surface area (TPSA) is 112 Å². The lowest BCUT2D eigenvalue weighted by molar-refractivity contribution is -0.136. The molecule has 2 aliphatic heterocycles. The molecule has 0 radical (unpaired) electrons. The summed E-state index contributed by atoms with van der Waals surface area (Å²) in [4.78, 5) is 48.8. The number of carbonyl (C=O) groups excluding carboxylic acids is 3. The standard InChI is InChI=1S/C31H36N4O5S/c1-18(2)28(35-15-22-9-10-25(40-4)13-26(22)30(35)38)31(39)34-16-24(36)11-23(34)12-27(37)32-14-20-5-7-21(8-6-20)29-19(3)33-17-41-29/h5-7,9-10,13,17,21,23-24,28,36H,1,8,11-12,14-16H2,2-4H3,(H,32,37)/t21?,23?,24-,28?/m1/s1. The zero-order chi connectivity index (χ0) is 29.3. The first-order valence-electron chi connectivity index (χ1n) is 13.8. The zero-order valence-corrected chi connectivity index (χ0v) is 24.4. The van der Waals surface area contributed by atoms with Gasteiger partial charge in [-0.3, -0.25) is 14.4 Å². The van der Waals surface area contributed by atoms with Crippen molar-refractivity contribution in [3.8, 4) is 5.75 Å². The first-order chi connectivity index (χ1) is 19.7. The Labute approximate surface area is 244 Å². The number of rotatable bonds is 9. The quantitative estimate of drug-likeness (QED) is 0.442. The molecule has 1 saturated heterocycles. The molecule has 3 amide bonds. The lowest BCUT2D eigenvalue weighted by Gasteiger charge is -2.33. The van der Waals surface area contributed by atoms with Gasteiger partial charge in [-0.15, -0.1) is 11.3 Å². The van der Waals surface area contributed by atoms with Gasteiger partial charge >= 0.3 is 0 Å². The van der Waals surface area contributed by atoms with Crippen LogP contribution in [0, 0.1) is 6.92 Å². The van der Waals surface area contributed by atoms with E-state index >= 15 is 0 Å². The summed E-state index contributed by atoms with van der Waals surface area (Å²) >= 11 is 1.66. The van der Waals surface area contributed by atoms with Crippen molar-refractivity contribution in [2.75, 3.05) is 20.2 Å². The van der Waals surface area contributed by atoms with Gasteiger partial charge in [0.05, 0.1) is 24.4 Å². The van der Waals surface area contributed by atoms with E-state index in [1.807, 2.05) is 24.6 Å². The molecule has 4 atom stereocenters. The lowest BCUT2D eigenvalue weighted by atomic mass is 9.94. The number of β-amino-alcohol motifs (C(OH)–C–C–N with tert-alkyl or cyclic N) is 1. The van der Waals surface area contributed by atoms with Gasteiger partial charge in [0.2, 0.25) is 11.8 Å². The van der Waals surface area contributed by atoms with Crippen molar-refractivity contribution in [3.63, 3.8) is 0 Å². The van der Waals surface area contributed by atoms with Gasteiger partial charge in [0, 0.05) is 48.5 Å². The van der Waals surface area contributed by atoms with Gasteiger partial charge in [0.15, 0.2) is 0 Å². The van der Waals surface area contributed by atoms with E-state index in [0.717, 1.165) is 23.3 Å².